The smallest absolute Gasteiger partial charge is 0.417 e. The highest BCUT2D eigenvalue weighted by Crippen LogP contribution is 2.34. The first kappa shape index (κ1) is 22.2. The molecule has 1 atom stereocenters. The molecule has 3 aromatic rings. The Morgan fingerprint density at radius 1 is 1.23 bits per heavy atom. The Bertz CT molecular complexity index is 1100. The van der Waals surface area contributed by atoms with Gasteiger partial charge in [0.2, 0.25) is 0 Å². The van der Waals surface area contributed by atoms with Crippen LogP contribution in [0.3, 0.4) is 0 Å². The summed E-state index contributed by atoms with van der Waals surface area (Å²) in [6.07, 6.45) is -2.54. The molecular weight excluding hydrogens is 409 g/mol. The summed E-state index contributed by atoms with van der Waals surface area (Å²) >= 11 is 0. The third-order valence-corrected chi connectivity index (χ3v) is 4.80. The van der Waals surface area contributed by atoms with Crippen LogP contribution in [0.15, 0.2) is 48.7 Å². The lowest BCUT2D eigenvalue weighted by Crippen LogP contribution is -2.30. The Kier molecular flexibility index (Phi) is 6.85. The summed E-state index contributed by atoms with van der Waals surface area (Å²) in [6, 6.07) is 12.3. The van der Waals surface area contributed by atoms with Gasteiger partial charge < -0.3 is 14.5 Å². The zero-order valence-corrected chi connectivity index (χ0v) is 16.8. The van der Waals surface area contributed by atoms with E-state index in [0.717, 1.165) is 28.6 Å². The predicted molar refractivity (Wildman–Crippen MR) is 108 cm³/mol. The maximum absolute atomic E-state index is 13.2. The normalized spacial score (nSPS) is 12.4. The van der Waals surface area contributed by atoms with Crippen LogP contribution in [0.2, 0.25) is 0 Å². The second-order valence-electron chi connectivity index (χ2n) is 6.99. The van der Waals surface area contributed by atoms with Crippen LogP contribution in [0.1, 0.15) is 36.5 Å². The molecule has 8 heteroatoms. The van der Waals surface area contributed by atoms with Gasteiger partial charge in [0, 0.05) is 23.5 Å². The number of aromatic amines is 1. The lowest BCUT2D eigenvalue weighted by molar-refractivity contribution is -0.152. The average Bonchev–Trinajstić information content (AvgIpc) is 3.16. The van der Waals surface area contributed by atoms with Crippen molar-refractivity contribution in [2.24, 2.45) is 0 Å². The van der Waals surface area contributed by atoms with Crippen molar-refractivity contribution in [3.63, 3.8) is 0 Å². The average molecular weight is 430 g/mol. The Morgan fingerprint density at radius 3 is 2.71 bits per heavy atom. The molecule has 1 heterocycles. The van der Waals surface area contributed by atoms with E-state index in [1.807, 2.05) is 37.4 Å². The van der Waals surface area contributed by atoms with E-state index in [1.165, 1.54) is 12.1 Å². The van der Waals surface area contributed by atoms with E-state index in [-0.39, 0.29) is 18.8 Å². The highest BCUT2D eigenvalue weighted by atomic mass is 19.4. The first-order chi connectivity index (χ1) is 14.8. The second-order valence-corrected chi connectivity index (χ2v) is 6.99. The Hall–Kier alpha value is -3.47. The Labute approximate surface area is 177 Å². The number of hydrogen-bond donors (Lipinski definition) is 1. The van der Waals surface area contributed by atoms with Crippen molar-refractivity contribution in [2.45, 2.75) is 38.5 Å². The molecule has 0 aliphatic carbocycles. The largest absolute Gasteiger partial charge is 0.479 e. The number of carbonyl (C=O) groups is 1. The van der Waals surface area contributed by atoms with Gasteiger partial charge in [0.15, 0.2) is 6.10 Å². The van der Waals surface area contributed by atoms with Crippen LogP contribution in [0.5, 0.6) is 5.75 Å². The molecule has 0 saturated carbocycles. The number of para-hydroxylation sites is 1. The predicted octanol–water partition coefficient (Wildman–Crippen LogP) is 5.39. The second kappa shape index (κ2) is 9.56. The number of alkyl halides is 3. The lowest BCUT2D eigenvalue weighted by Gasteiger charge is -2.19. The quantitative estimate of drug-likeness (QED) is 0.486. The maximum Gasteiger partial charge on any atom is 0.417 e. The fraction of sp³-hybridized carbons (Fsp3) is 0.304. The monoisotopic (exact) mass is 430 g/mol. The molecule has 3 rings (SSSR count). The number of nitriles is 1. The highest BCUT2D eigenvalue weighted by Gasteiger charge is 2.34. The molecule has 0 spiro atoms. The van der Waals surface area contributed by atoms with Crippen molar-refractivity contribution in [1.29, 1.82) is 5.26 Å². The molecule has 0 aliphatic rings. The zero-order valence-electron chi connectivity index (χ0n) is 16.8. The molecule has 31 heavy (non-hydrogen) atoms. The Morgan fingerprint density at radius 2 is 2.00 bits per heavy atom. The van der Waals surface area contributed by atoms with Gasteiger partial charge in [-0.25, -0.2) is 4.79 Å². The van der Waals surface area contributed by atoms with Crippen molar-refractivity contribution in [3.05, 3.63) is 65.4 Å². The third kappa shape index (κ3) is 5.37. The fourth-order valence-electron chi connectivity index (χ4n) is 3.27. The van der Waals surface area contributed by atoms with E-state index in [1.54, 1.807) is 0 Å². The minimum Gasteiger partial charge on any atom is -0.479 e. The number of fused-ring (bicyclic) bond motifs is 1. The molecule has 5 nitrogen and oxygen atoms in total. The SMILES string of the molecule is CCCC(Oc1ccc(C#N)c(C(F)(F)F)c1)C(=O)OCCc1c[nH]c2ccccc12. The van der Waals surface area contributed by atoms with Crippen molar-refractivity contribution in [3.8, 4) is 11.8 Å². The van der Waals surface area contributed by atoms with Crippen molar-refractivity contribution < 1.29 is 27.4 Å². The number of ether oxygens (including phenoxy) is 2. The van der Waals surface area contributed by atoms with Gasteiger partial charge in [-0.2, -0.15) is 18.4 Å². The van der Waals surface area contributed by atoms with E-state index in [0.29, 0.717) is 12.8 Å². The van der Waals surface area contributed by atoms with Gasteiger partial charge >= 0.3 is 12.1 Å². The topological polar surface area (TPSA) is 75.1 Å². The van der Waals surface area contributed by atoms with Crippen LogP contribution in [-0.2, 0) is 22.1 Å². The molecule has 1 N–H and O–H groups in total. The summed E-state index contributed by atoms with van der Waals surface area (Å²) in [5.41, 5.74) is 0.374. The van der Waals surface area contributed by atoms with E-state index in [2.05, 4.69) is 4.98 Å². The fourth-order valence-corrected chi connectivity index (χ4v) is 3.27. The van der Waals surface area contributed by atoms with Crippen molar-refractivity contribution >= 4 is 16.9 Å². The number of H-pyrrole nitrogens is 1. The highest BCUT2D eigenvalue weighted by molar-refractivity contribution is 5.83. The molecule has 0 radical (unpaired) electrons. The van der Waals surface area contributed by atoms with Crippen LogP contribution >= 0.6 is 0 Å². The number of halogens is 3. The van der Waals surface area contributed by atoms with Crippen molar-refractivity contribution in [2.75, 3.05) is 6.61 Å². The molecule has 162 valence electrons. The summed E-state index contributed by atoms with van der Waals surface area (Å²) in [4.78, 5) is 15.7. The number of nitrogens with one attached hydrogen (secondary N) is 1. The van der Waals surface area contributed by atoms with Gasteiger partial charge in [-0.05, 0) is 36.2 Å². The van der Waals surface area contributed by atoms with Crippen LogP contribution < -0.4 is 4.74 Å². The summed E-state index contributed by atoms with van der Waals surface area (Å²) in [5.74, 6) is -0.780. The molecule has 0 bridgehead atoms. The molecular formula is C23H21F3N2O3. The molecule has 1 aromatic heterocycles. The lowest BCUT2D eigenvalue weighted by atomic mass is 10.1. The van der Waals surface area contributed by atoms with Crippen LogP contribution in [0, 0.1) is 11.3 Å². The van der Waals surface area contributed by atoms with Crippen molar-refractivity contribution in [1.82, 2.24) is 4.98 Å². The van der Waals surface area contributed by atoms with Gasteiger partial charge in [0.1, 0.15) is 5.75 Å². The summed E-state index contributed by atoms with van der Waals surface area (Å²) in [6.45, 7) is 1.95. The van der Waals surface area contributed by atoms with E-state index in [4.69, 9.17) is 14.7 Å². The molecule has 0 fully saturated rings. The van der Waals surface area contributed by atoms with Crippen LogP contribution in [0.25, 0.3) is 10.9 Å². The minimum absolute atomic E-state index is 0.116. The number of nitrogens with zero attached hydrogens (tertiary/aromatic N) is 1. The number of aromatic nitrogens is 1. The van der Waals surface area contributed by atoms with Gasteiger partial charge in [0.25, 0.3) is 0 Å². The van der Waals surface area contributed by atoms with Crippen LogP contribution in [0.4, 0.5) is 13.2 Å². The van der Waals surface area contributed by atoms with Gasteiger partial charge in [0.05, 0.1) is 23.8 Å². The standard InChI is InChI=1S/C23H21F3N2O3/c1-2-5-21(31-17-9-8-15(13-27)19(12-17)23(24,25)26)22(29)30-11-10-16-14-28-20-7-4-3-6-18(16)20/h3-4,6-9,12,14,21,28H,2,5,10-11H2,1H3. The third-order valence-electron chi connectivity index (χ3n) is 4.80. The van der Waals surface area contributed by atoms with Gasteiger partial charge in [-0.15, -0.1) is 0 Å². The zero-order chi connectivity index (χ0) is 22.4. The number of benzene rings is 2. The van der Waals surface area contributed by atoms with Gasteiger partial charge in [-0.1, -0.05) is 31.5 Å². The molecule has 0 saturated heterocycles. The number of carbonyl (C=O) groups excluding carboxylic acids is 1. The molecule has 2 aromatic carbocycles. The first-order valence-corrected chi connectivity index (χ1v) is 9.83. The first-order valence-electron chi connectivity index (χ1n) is 9.83. The summed E-state index contributed by atoms with van der Waals surface area (Å²) in [5, 5.41) is 9.94. The maximum atomic E-state index is 13.2. The number of rotatable bonds is 8. The molecule has 1 unspecified atom stereocenters. The summed E-state index contributed by atoms with van der Waals surface area (Å²) in [7, 11) is 0. The van der Waals surface area contributed by atoms with E-state index in [9.17, 15) is 18.0 Å². The number of esters is 1. The van der Waals surface area contributed by atoms with Crippen LogP contribution in [-0.4, -0.2) is 23.7 Å². The van der Waals surface area contributed by atoms with E-state index < -0.39 is 29.4 Å². The molecule has 0 aliphatic heterocycles. The molecule has 0 amide bonds. The summed E-state index contributed by atoms with van der Waals surface area (Å²) < 4.78 is 50.4. The van der Waals surface area contributed by atoms with E-state index >= 15 is 0 Å². The number of hydrogen-bond acceptors (Lipinski definition) is 4. The van der Waals surface area contributed by atoms with Gasteiger partial charge in [-0.3, -0.25) is 0 Å². The minimum atomic E-state index is -4.70. The Balaban J connectivity index is 1.66.